The van der Waals surface area contributed by atoms with Crippen LogP contribution in [-0.2, 0) is 11.2 Å². The van der Waals surface area contributed by atoms with Crippen LogP contribution in [0, 0.1) is 0 Å². The number of halogens is 1. The molecule has 5 N–H and O–H groups in total. The maximum Gasteiger partial charge on any atom is 0.234 e. The molecule has 6 heteroatoms. The largest absolute Gasteiger partial charge is 0.368 e. The smallest absolute Gasteiger partial charge is 0.234 e. The SMILES string of the molecule is Cl.NC(=O)C(N)Cc1cnc[nH]1. The van der Waals surface area contributed by atoms with E-state index in [1.807, 2.05) is 0 Å². The minimum Gasteiger partial charge on any atom is -0.368 e. The third-order valence-corrected chi connectivity index (χ3v) is 1.36. The molecule has 1 rings (SSSR count). The third kappa shape index (κ3) is 2.89. The van der Waals surface area contributed by atoms with Crippen molar-refractivity contribution in [2.45, 2.75) is 12.5 Å². The minimum atomic E-state index is -0.629. The van der Waals surface area contributed by atoms with Crippen molar-refractivity contribution in [1.82, 2.24) is 9.97 Å². The van der Waals surface area contributed by atoms with E-state index in [-0.39, 0.29) is 12.4 Å². The Morgan fingerprint density at radius 2 is 2.42 bits per heavy atom. The van der Waals surface area contributed by atoms with E-state index in [2.05, 4.69) is 9.97 Å². The molecule has 1 amide bonds. The maximum absolute atomic E-state index is 10.5. The number of primary amides is 1. The highest BCUT2D eigenvalue weighted by molar-refractivity contribution is 5.85. The second-order valence-electron chi connectivity index (χ2n) is 2.29. The van der Waals surface area contributed by atoms with Gasteiger partial charge in [-0.05, 0) is 0 Å². The van der Waals surface area contributed by atoms with Gasteiger partial charge in [-0.25, -0.2) is 4.98 Å². The standard InChI is InChI=1S/C6H10N4O.ClH/c7-5(6(8)11)1-4-2-9-3-10-4;/h2-3,5H,1,7H2,(H2,8,11)(H,9,10);1H. The number of rotatable bonds is 3. The van der Waals surface area contributed by atoms with Crippen molar-refractivity contribution in [3.8, 4) is 0 Å². The summed E-state index contributed by atoms with van der Waals surface area (Å²) >= 11 is 0. The Morgan fingerprint density at radius 3 is 2.83 bits per heavy atom. The molecule has 0 aromatic carbocycles. The van der Waals surface area contributed by atoms with Crippen LogP contribution in [0.25, 0.3) is 0 Å². The summed E-state index contributed by atoms with van der Waals surface area (Å²) < 4.78 is 0. The number of amides is 1. The molecule has 1 heterocycles. The Balaban J connectivity index is 0.00000121. The van der Waals surface area contributed by atoms with Gasteiger partial charge in [-0.2, -0.15) is 0 Å². The molecule has 1 aromatic rings. The van der Waals surface area contributed by atoms with Crippen molar-refractivity contribution in [1.29, 1.82) is 0 Å². The lowest BCUT2D eigenvalue weighted by molar-refractivity contribution is -0.119. The fourth-order valence-corrected chi connectivity index (χ4v) is 0.734. The van der Waals surface area contributed by atoms with E-state index >= 15 is 0 Å². The molecule has 0 aliphatic carbocycles. The van der Waals surface area contributed by atoms with E-state index in [4.69, 9.17) is 11.5 Å². The van der Waals surface area contributed by atoms with E-state index in [0.717, 1.165) is 5.69 Å². The number of aromatic nitrogens is 2. The second-order valence-corrected chi connectivity index (χ2v) is 2.29. The van der Waals surface area contributed by atoms with Gasteiger partial charge in [-0.15, -0.1) is 12.4 Å². The van der Waals surface area contributed by atoms with Gasteiger partial charge in [0.25, 0.3) is 0 Å². The summed E-state index contributed by atoms with van der Waals surface area (Å²) in [6, 6.07) is -0.629. The zero-order valence-corrected chi connectivity index (χ0v) is 7.17. The lowest BCUT2D eigenvalue weighted by Crippen LogP contribution is -2.38. The fourth-order valence-electron chi connectivity index (χ4n) is 0.734. The van der Waals surface area contributed by atoms with Crippen LogP contribution in [0.15, 0.2) is 12.5 Å². The number of H-pyrrole nitrogens is 1. The van der Waals surface area contributed by atoms with E-state index in [9.17, 15) is 4.79 Å². The van der Waals surface area contributed by atoms with Crippen LogP contribution in [0.4, 0.5) is 0 Å². The van der Waals surface area contributed by atoms with Crippen LogP contribution < -0.4 is 11.5 Å². The molecule has 1 unspecified atom stereocenters. The summed E-state index contributed by atoms with van der Waals surface area (Å²) in [6.07, 6.45) is 3.56. The Kier molecular flexibility index (Phi) is 4.31. The van der Waals surface area contributed by atoms with Crippen molar-refractivity contribution >= 4 is 18.3 Å². The molecule has 0 spiro atoms. The summed E-state index contributed by atoms with van der Waals surface area (Å²) in [5, 5.41) is 0. The van der Waals surface area contributed by atoms with Gasteiger partial charge < -0.3 is 16.5 Å². The summed E-state index contributed by atoms with van der Waals surface area (Å²) in [7, 11) is 0. The summed E-state index contributed by atoms with van der Waals surface area (Å²) in [4.78, 5) is 17.1. The fraction of sp³-hybridized carbons (Fsp3) is 0.333. The number of nitrogens with two attached hydrogens (primary N) is 2. The maximum atomic E-state index is 10.5. The zero-order valence-electron chi connectivity index (χ0n) is 6.36. The Labute approximate surface area is 75.9 Å². The van der Waals surface area contributed by atoms with Crippen LogP contribution in [0.2, 0.25) is 0 Å². The lowest BCUT2D eigenvalue weighted by Gasteiger charge is -2.03. The van der Waals surface area contributed by atoms with Crippen LogP contribution >= 0.6 is 12.4 Å². The van der Waals surface area contributed by atoms with Crippen LogP contribution in [0.3, 0.4) is 0 Å². The number of hydrogen-bond donors (Lipinski definition) is 3. The van der Waals surface area contributed by atoms with E-state index < -0.39 is 11.9 Å². The number of carbonyl (C=O) groups excluding carboxylic acids is 1. The van der Waals surface area contributed by atoms with Crippen LogP contribution in [0.1, 0.15) is 5.69 Å². The predicted octanol–water partition coefficient (Wildman–Crippen LogP) is -0.813. The first-order chi connectivity index (χ1) is 5.20. The molecule has 0 saturated carbocycles. The Morgan fingerprint density at radius 1 is 1.75 bits per heavy atom. The third-order valence-electron chi connectivity index (χ3n) is 1.36. The topological polar surface area (TPSA) is 97.8 Å². The van der Waals surface area contributed by atoms with Gasteiger partial charge >= 0.3 is 0 Å². The van der Waals surface area contributed by atoms with Gasteiger partial charge in [0, 0.05) is 18.3 Å². The quantitative estimate of drug-likeness (QED) is 0.581. The number of hydrogen-bond acceptors (Lipinski definition) is 3. The molecule has 0 aliphatic rings. The molecule has 1 atom stereocenters. The van der Waals surface area contributed by atoms with Gasteiger partial charge in [-0.3, -0.25) is 4.79 Å². The van der Waals surface area contributed by atoms with E-state index in [1.54, 1.807) is 6.20 Å². The summed E-state index contributed by atoms with van der Waals surface area (Å²) in [6.45, 7) is 0. The van der Waals surface area contributed by atoms with Crippen molar-refractivity contribution in [2.24, 2.45) is 11.5 Å². The van der Waals surface area contributed by atoms with E-state index in [0.29, 0.717) is 6.42 Å². The molecule has 0 saturated heterocycles. The van der Waals surface area contributed by atoms with Crippen molar-refractivity contribution < 1.29 is 4.79 Å². The molecule has 0 fully saturated rings. The van der Waals surface area contributed by atoms with Crippen molar-refractivity contribution in [2.75, 3.05) is 0 Å². The summed E-state index contributed by atoms with van der Waals surface area (Å²) in [5.74, 6) is -0.500. The first kappa shape index (κ1) is 10.9. The molecule has 0 radical (unpaired) electrons. The van der Waals surface area contributed by atoms with Crippen LogP contribution in [-0.4, -0.2) is 21.9 Å². The van der Waals surface area contributed by atoms with Crippen LogP contribution in [0.5, 0.6) is 0 Å². The molecule has 0 bridgehead atoms. The average Bonchev–Trinajstić information content (AvgIpc) is 2.39. The van der Waals surface area contributed by atoms with Crippen molar-refractivity contribution in [3.63, 3.8) is 0 Å². The number of nitrogens with one attached hydrogen (secondary N) is 1. The number of imidazole rings is 1. The molecule has 12 heavy (non-hydrogen) atoms. The molecule has 68 valence electrons. The van der Waals surface area contributed by atoms with E-state index in [1.165, 1.54) is 6.33 Å². The second kappa shape index (κ2) is 4.74. The average molecular weight is 191 g/mol. The lowest BCUT2D eigenvalue weighted by atomic mass is 10.2. The highest BCUT2D eigenvalue weighted by atomic mass is 35.5. The number of carbonyl (C=O) groups is 1. The van der Waals surface area contributed by atoms with Crippen molar-refractivity contribution in [3.05, 3.63) is 18.2 Å². The monoisotopic (exact) mass is 190 g/mol. The molecule has 5 nitrogen and oxygen atoms in total. The van der Waals surface area contributed by atoms with Gasteiger partial charge in [0.1, 0.15) is 0 Å². The summed E-state index contributed by atoms with van der Waals surface area (Å²) in [5.41, 5.74) is 11.2. The Hall–Kier alpha value is -1.07. The van der Waals surface area contributed by atoms with Gasteiger partial charge in [-0.1, -0.05) is 0 Å². The molecular weight excluding hydrogens is 180 g/mol. The normalized spacial score (nSPS) is 11.8. The number of nitrogens with zero attached hydrogens (tertiary/aromatic N) is 1. The minimum absolute atomic E-state index is 0. The van der Waals surface area contributed by atoms with Gasteiger partial charge in [0.15, 0.2) is 0 Å². The first-order valence-corrected chi connectivity index (χ1v) is 3.22. The highest BCUT2D eigenvalue weighted by Crippen LogP contribution is 1.94. The zero-order chi connectivity index (χ0) is 8.27. The molecule has 1 aromatic heterocycles. The highest BCUT2D eigenvalue weighted by Gasteiger charge is 2.09. The Bertz CT molecular complexity index is 236. The molecular formula is C6H11ClN4O. The molecule has 0 aliphatic heterocycles. The number of aromatic amines is 1. The predicted molar refractivity (Wildman–Crippen MR) is 46.7 cm³/mol. The first-order valence-electron chi connectivity index (χ1n) is 3.22. The van der Waals surface area contributed by atoms with Gasteiger partial charge in [0.2, 0.25) is 5.91 Å². The van der Waals surface area contributed by atoms with Gasteiger partial charge in [0.05, 0.1) is 12.4 Å².